The van der Waals surface area contributed by atoms with Gasteiger partial charge in [-0.25, -0.2) is 0 Å². The number of methoxy groups -OCH3 is 1. The first-order valence-electron chi connectivity index (χ1n) is 6.09. The molecule has 0 heterocycles. The van der Waals surface area contributed by atoms with Gasteiger partial charge in [0.2, 0.25) is 0 Å². The molecule has 3 N–H and O–H groups in total. The predicted molar refractivity (Wildman–Crippen MR) is 75.4 cm³/mol. The Kier molecular flexibility index (Phi) is 6.46. The predicted octanol–water partition coefficient (Wildman–Crippen LogP) is 1.60. The van der Waals surface area contributed by atoms with E-state index in [0.717, 1.165) is 6.42 Å². The summed E-state index contributed by atoms with van der Waals surface area (Å²) in [5.41, 5.74) is 6.61. The van der Waals surface area contributed by atoms with Gasteiger partial charge in [-0.1, -0.05) is 6.08 Å². The Morgan fingerprint density at radius 1 is 1.47 bits per heavy atom. The summed E-state index contributed by atoms with van der Waals surface area (Å²) in [4.78, 5) is 11.9. The summed E-state index contributed by atoms with van der Waals surface area (Å²) in [7, 11) is 1.51. The van der Waals surface area contributed by atoms with Crippen LogP contribution in [-0.2, 0) is 4.74 Å². The maximum Gasteiger partial charge on any atom is 0.255 e. The van der Waals surface area contributed by atoms with Crippen molar-refractivity contribution in [2.75, 3.05) is 32.6 Å². The zero-order valence-electron chi connectivity index (χ0n) is 11.1. The van der Waals surface area contributed by atoms with E-state index in [1.54, 1.807) is 24.3 Å². The van der Waals surface area contributed by atoms with Crippen LogP contribution in [0.25, 0.3) is 0 Å². The Labute approximate surface area is 113 Å². The quantitative estimate of drug-likeness (QED) is 0.425. The molecule has 5 nitrogen and oxygen atoms in total. The Morgan fingerprint density at radius 2 is 2.26 bits per heavy atom. The van der Waals surface area contributed by atoms with Gasteiger partial charge in [0.25, 0.3) is 5.91 Å². The van der Waals surface area contributed by atoms with Crippen LogP contribution in [0.1, 0.15) is 16.8 Å². The molecule has 104 valence electrons. The van der Waals surface area contributed by atoms with Crippen molar-refractivity contribution < 1.29 is 14.3 Å². The summed E-state index contributed by atoms with van der Waals surface area (Å²) >= 11 is 0. The molecule has 0 aliphatic heterocycles. The van der Waals surface area contributed by atoms with Crippen LogP contribution in [0.3, 0.4) is 0 Å². The molecule has 0 saturated carbocycles. The van der Waals surface area contributed by atoms with E-state index in [9.17, 15) is 4.79 Å². The van der Waals surface area contributed by atoms with Crippen LogP contribution in [-0.4, -0.2) is 32.8 Å². The molecule has 19 heavy (non-hydrogen) atoms. The maximum atomic E-state index is 11.9. The number of nitrogen functional groups attached to an aromatic ring is 1. The number of benzene rings is 1. The molecule has 1 aromatic carbocycles. The number of carbonyl (C=O) groups is 1. The second-order valence-electron chi connectivity index (χ2n) is 3.91. The van der Waals surface area contributed by atoms with Crippen molar-refractivity contribution >= 4 is 11.6 Å². The Bertz CT molecular complexity index is 433. The minimum absolute atomic E-state index is 0.225. The summed E-state index contributed by atoms with van der Waals surface area (Å²) in [6.07, 6.45) is 2.59. The SMILES string of the molecule is C=CCCOCCNC(=O)c1cc(N)ccc1OC. The van der Waals surface area contributed by atoms with Crippen molar-refractivity contribution in [3.05, 3.63) is 36.4 Å². The number of ether oxygens (including phenoxy) is 2. The molecule has 0 radical (unpaired) electrons. The van der Waals surface area contributed by atoms with Crippen molar-refractivity contribution in [3.8, 4) is 5.75 Å². The highest BCUT2D eigenvalue weighted by atomic mass is 16.5. The summed E-state index contributed by atoms with van der Waals surface area (Å²) in [6.45, 7) is 5.11. The number of hydrogen-bond donors (Lipinski definition) is 2. The van der Waals surface area contributed by atoms with E-state index >= 15 is 0 Å². The Morgan fingerprint density at radius 3 is 2.95 bits per heavy atom. The average Bonchev–Trinajstić information content (AvgIpc) is 2.42. The monoisotopic (exact) mass is 264 g/mol. The van der Waals surface area contributed by atoms with Gasteiger partial charge in [0.1, 0.15) is 5.75 Å². The first kappa shape index (κ1) is 15.0. The number of hydrogen-bond acceptors (Lipinski definition) is 4. The molecule has 0 spiro atoms. The molecule has 0 aliphatic rings. The molecule has 1 rings (SSSR count). The van der Waals surface area contributed by atoms with Gasteiger partial charge in [0.05, 0.1) is 25.9 Å². The van der Waals surface area contributed by atoms with Crippen LogP contribution in [0.4, 0.5) is 5.69 Å². The molecule has 0 saturated heterocycles. The fourth-order valence-corrected chi connectivity index (χ4v) is 1.50. The molecule has 0 fully saturated rings. The van der Waals surface area contributed by atoms with E-state index in [2.05, 4.69) is 11.9 Å². The van der Waals surface area contributed by atoms with Crippen molar-refractivity contribution in [3.63, 3.8) is 0 Å². The zero-order valence-corrected chi connectivity index (χ0v) is 11.1. The van der Waals surface area contributed by atoms with Crippen molar-refractivity contribution in [1.29, 1.82) is 0 Å². The average molecular weight is 264 g/mol. The third-order valence-electron chi connectivity index (χ3n) is 2.47. The summed E-state index contributed by atoms with van der Waals surface area (Å²) in [5.74, 6) is 0.274. The van der Waals surface area contributed by atoms with E-state index in [-0.39, 0.29) is 5.91 Å². The first-order chi connectivity index (χ1) is 9.19. The minimum Gasteiger partial charge on any atom is -0.496 e. The number of nitrogens with two attached hydrogens (primary N) is 1. The van der Waals surface area contributed by atoms with Gasteiger partial charge in [-0.3, -0.25) is 4.79 Å². The van der Waals surface area contributed by atoms with E-state index in [4.69, 9.17) is 15.2 Å². The van der Waals surface area contributed by atoms with Gasteiger partial charge in [0.15, 0.2) is 0 Å². The highest BCUT2D eigenvalue weighted by Crippen LogP contribution is 2.20. The van der Waals surface area contributed by atoms with Gasteiger partial charge in [0, 0.05) is 12.2 Å². The van der Waals surface area contributed by atoms with Crippen molar-refractivity contribution in [2.24, 2.45) is 0 Å². The lowest BCUT2D eigenvalue weighted by Gasteiger charge is -2.10. The second kappa shape index (κ2) is 8.16. The van der Waals surface area contributed by atoms with Gasteiger partial charge >= 0.3 is 0 Å². The summed E-state index contributed by atoms with van der Waals surface area (Å²) in [5, 5.41) is 2.75. The van der Waals surface area contributed by atoms with Crippen molar-refractivity contribution in [2.45, 2.75) is 6.42 Å². The van der Waals surface area contributed by atoms with Crippen LogP contribution >= 0.6 is 0 Å². The third-order valence-corrected chi connectivity index (χ3v) is 2.47. The number of carbonyl (C=O) groups excluding carboxylic acids is 1. The van der Waals surface area contributed by atoms with E-state index in [0.29, 0.717) is 36.8 Å². The molecule has 0 aromatic heterocycles. The molecular formula is C14H20N2O3. The number of anilines is 1. The van der Waals surface area contributed by atoms with Gasteiger partial charge < -0.3 is 20.5 Å². The highest BCUT2D eigenvalue weighted by molar-refractivity contribution is 5.97. The van der Waals surface area contributed by atoms with Gasteiger partial charge in [-0.15, -0.1) is 6.58 Å². The third kappa shape index (κ3) is 5.01. The van der Waals surface area contributed by atoms with Crippen LogP contribution in [0.2, 0.25) is 0 Å². The van der Waals surface area contributed by atoms with Crippen LogP contribution in [0.5, 0.6) is 5.75 Å². The van der Waals surface area contributed by atoms with E-state index < -0.39 is 0 Å². The van der Waals surface area contributed by atoms with Crippen LogP contribution in [0, 0.1) is 0 Å². The number of nitrogens with one attached hydrogen (secondary N) is 1. The topological polar surface area (TPSA) is 73.6 Å². The lowest BCUT2D eigenvalue weighted by atomic mass is 10.1. The fraction of sp³-hybridized carbons (Fsp3) is 0.357. The molecule has 1 aromatic rings. The van der Waals surface area contributed by atoms with E-state index in [1.165, 1.54) is 7.11 Å². The summed E-state index contributed by atoms with van der Waals surface area (Å²) in [6, 6.07) is 4.95. The molecule has 0 aliphatic carbocycles. The molecule has 1 amide bonds. The zero-order chi connectivity index (χ0) is 14.1. The smallest absolute Gasteiger partial charge is 0.255 e. The normalized spacial score (nSPS) is 9.95. The Hall–Kier alpha value is -2.01. The molecule has 0 atom stereocenters. The molecule has 5 heteroatoms. The minimum atomic E-state index is -0.225. The number of rotatable bonds is 8. The molecule has 0 unspecified atom stereocenters. The number of amides is 1. The van der Waals surface area contributed by atoms with E-state index in [1.807, 2.05) is 0 Å². The lowest BCUT2D eigenvalue weighted by Crippen LogP contribution is -2.27. The molecule has 0 bridgehead atoms. The largest absolute Gasteiger partial charge is 0.496 e. The highest BCUT2D eigenvalue weighted by Gasteiger charge is 2.11. The fourth-order valence-electron chi connectivity index (χ4n) is 1.50. The van der Waals surface area contributed by atoms with Gasteiger partial charge in [-0.2, -0.15) is 0 Å². The van der Waals surface area contributed by atoms with Crippen molar-refractivity contribution in [1.82, 2.24) is 5.32 Å². The Balaban J connectivity index is 2.44. The second-order valence-corrected chi connectivity index (χ2v) is 3.91. The van der Waals surface area contributed by atoms with Crippen LogP contribution in [0.15, 0.2) is 30.9 Å². The van der Waals surface area contributed by atoms with Crippen LogP contribution < -0.4 is 15.8 Å². The molecular weight excluding hydrogens is 244 g/mol. The maximum absolute atomic E-state index is 11.9. The summed E-state index contributed by atoms with van der Waals surface area (Å²) < 4.78 is 10.4. The first-order valence-corrected chi connectivity index (χ1v) is 6.09. The standard InChI is InChI=1S/C14H20N2O3/c1-3-4-8-19-9-7-16-14(17)12-10-11(15)5-6-13(12)18-2/h3,5-6,10H,1,4,7-9,15H2,2H3,(H,16,17). The lowest BCUT2D eigenvalue weighted by molar-refractivity contribution is 0.0915. The van der Waals surface area contributed by atoms with Gasteiger partial charge in [-0.05, 0) is 24.6 Å².